The van der Waals surface area contributed by atoms with E-state index in [0.717, 1.165) is 25.7 Å². The van der Waals surface area contributed by atoms with E-state index < -0.39 is 98.0 Å². The third kappa shape index (κ3) is 7.88. The molecule has 2 aromatic rings. The third-order valence-corrected chi connectivity index (χ3v) is 15.1. The summed E-state index contributed by atoms with van der Waals surface area (Å²) in [5.41, 5.74) is -2.17. The number of hydrogen-bond donors (Lipinski definition) is 3. The maximum atomic E-state index is 14.8. The topological polar surface area (TPSA) is 195 Å². The van der Waals surface area contributed by atoms with Gasteiger partial charge in [0.15, 0.2) is 0 Å². The molecule has 4 fully saturated rings. The number of alkyl halides is 2. The number of carbonyl (C=O) groups excluding carboxylic acids is 4. The normalized spacial score (nSPS) is 32.3. The summed E-state index contributed by atoms with van der Waals surface area (Å²) in [5, 5.41) is 5.24. The van der Waals surface area contributed by atoms with Gasteiger partial charge in [-0.05, 0) is 76.3 Å². The number of ether oxygens (including phenoxy) is 3. The fraction of sp³-hybridized carbons (Fsp3) is 0.700. The molecule has 15 nitrogen and oxygen atoms in total. The highest BCUT2D eigenvalue weighted by Gasteiger charge is 2.68. The van der Waals surface area contributed by atoms with Gasteiger partial charge in [0, 0.05) is 17.9 Å². The van der Waals surface area contributed by atoms with Crippen molar-refractivity contribution in [2.75, 3.05) is 13.7 Å². The van der Waals surface area contributed by atoms with Crippen molar-refractivity contribution in [3.8, 4) is 11.6 Å². The molecule has 0 spiro atoms. The summed E-state index contributed by atoms with van der Waals surface area (Å²) in [7, 11) is -2.71. The van der Waals surface area contributed by atoms with E-state index in [9.17, 15) is 36.4 Å². The van der Waals surface area contributed by atoms with Crippen LogP contribution in [-0.2, 0) is 35.6 Å². The zero-order valence-electron chi connectivity index (χ0n) is 34.0. The summed E-state index contributed by atoms with van der Waals surface area (Å²) >= 11 is 0. The van der Waals surface area contributed by atoms with Gasteiger partial charge in [0.1, 0.15) is 40.8 Å². The first-order valence-electron chi connectivity index (χ1n) is 20.1. The van der Waals surface area contributed by atoms with Crippen LogP contribution in [0.3, 0.4) is 0 Å². The average Bonchev–Trinajstić information content (AvgIpc) is 4.09. The number of halogens is 2. The molecule has 318 valence electrons. The van der Waals surface area contributed by atoms with E-state index in [2.05, 4.69) is 10.6 Å². The standard InChI is InChI=1S/C40H54F2N6O9S/c1-21-28-20-48(29(21)32(49)46-40(19-24(40)31(41)42)35(51)47-58(53,54)38(5)15-16-38)34(50)30(37(2,3)4)45-36(52)57-39(6)18-22(39)11-9-8-10-12-26-33(56-28)44-27-17-23(55-7)13-14-25(27)43-26/h13-14,17,21-22,24,28-31H,8-12,15-16,18-20H2,1-7H3,(H,45,52)(H,46,49)(H,47,51)/t21-,22+,24+,28+,29+,30-,39+,40-/m1/s1. The fourth-order valence-electron chi connectivity index (χ4n) is 8.42. The summed E-state index contributed by atoms with van der Waals surface area (Å²) in [6, 6.07) is 2.67. The molecule has 5 aliphatic rings. The van der Waals surface area contributed by atoms with Crippen LogP contribution in [0.15, 0.2) is 18.2 Å². The Labute approximate surface area is 337 Å². The number of methoxy groups -OCH3 is 1. The molecule has 4 amide bonds. The van der Waals surface area contributed by atoms with E-state index in [1.54, 1.807) is 45.9 Å². The first-order valence-corrected chi connectivity index (χ1v) is 21.6. The Morgan fingerprint density at radius 3 is 2.43 bits per heavy atom. The van der Waals surface area contributed by atoms with Crippen LogP contribution in [-0.4, -0.2) is 101 Å². The number of hydrogen-bond acceptors (Lipinski definition) is 11. The van der Waals surface area contributed by atoms with Crippen molar-refractivity contribution in [3.63, 3.8) is 0 Å². The first-order chi connectivity index (χ1) is 27.1. The van der Waals surface area contributed by atoms with Crippen molar-refractivity contribution in [1.82, 2.24) is 30.2 Å². The zero-order chi connectivity index (χ0) is 42.2. The summed E-state index contributed by atoms with van der Waals surface area (Å²) in [6.45, 7) is 10.0. The lowest BCUT2D eigenvalue weighted by atomic mass is 9.85. The number of sulfonamides is 1. The zero-order valence-corrected chi connectivity index (χ0v) is 34.8. The molecule has 1 aromatic carbocycles. The summed E-state index contributed by atoms with van der Waals surface area (Å²) in [4.78, 5) is 67.4. The Balaban J connectivity index is 1.26. The number of nitrogens with one attached hydrogen (secondary N) is 3. The molecule has 2 aliphatic heterocycles. The van der Waals surface area contributed by atoms with Crippen LogP contribution in [0.4, 0.5) is 13.6 Å². The average molecular weight is 833 g/mol. The summed E-state index contributed by atoms with van der Waals surface area (Å²) in [6.07, 6.45) is -0.133. The Kier molecular flexibility index (Phi) is 10.6. The van der Waals surface area contributed by atoms with E-state index in [-0.39, 0.29) is 18.3 Å². The molecule has 7 rings (SSSR count). The predicted molar refractivity (Wildman–Crippen MR) is 206 cm³/mol. The molecule has 58 heavy (non-hydrogen) atoms. The molecular formula is C40H54F2N6O9S. The lowest BCUT2D eigenvalue weighted by molar-refractivity contribution is -0.143. The maximum Gasteiger partial charge on any atom is 0.408 e. The Hall–Kier alpha value is -4.35. The van der Waals surface area contributed by atoms with Crippen LogP contribution in [0.1, 0.15) is 98.6 Å². The van der Waals surface area contributed by atoms with Gasteiger partial charge in [-0.2, -0.15) is 0 Å². The molecule has 1 aromatic heterocycles. The highest BCUT2D eigenvalue weighted by atomic mass is 32.2. The van der Waals surface area contributed by atoms with Gasteiger partial charge in [-0.15, -0.1) is 0 Å². The largest absolute Gasteiger partial charge is 0.497 e. The number of benzene rings is 1. The molecule has 3 aliphatic carbocycles. The summed E-state index contributed by atoms with van der Waals surface area (Å²) in [5.74, 6) is -4.49. The molecule has 3 heterocycles. The predicted octanol–water partition coefficient (Wildman–Crippen LogP) is 4.41. The second-order valence-corrected chi connectivity index (χ2v) is 20.6. The molecule has 3 N–H and O–H groups in total. The van der Waals surface area contributed by atoms with Gasteiger partial charge in [0.25, 0.3) is 5.91 Å². The van der Waals surface area contributed by atoms with Gasteiger partial charge in [-0.25, -0.2) is 32.0 Å². The fourth-order valence-corrected chi connectivity index (χ4v) is 9.73. The van der Waals surface area contributed by atoms with Crippen molar-refractivity contribution >= 4 is 44.9 Å². The number of fused-ring (bicyclic) bond motifs is 5. The first kappa shape index (κ1) is 41.8. The Morgan fingerprint density at radius 1 is 1.07 bits per heavy atom. The number of amides is 4. The maximum absolute atomic E-state index is 14.8. The van der Waals surface area contributed by atoms with E-state index in [1.807, 2.05) is 11.6 Å². The van der Waals surface area contributed by atoms with Gasteiger partial charge in [0.05, 0.1) is 35.4 Å². The minimum absolute atomic E-state index is 0.148. The monoisotopic (exact) mass is 832 g/mol. The molecule has 2 bridgehead atoms. The van der Waals surface area contributed by atoms with Crippen molar-refractivity contribution < 1.29 is 50.6 Å². The second kappa shape index (κ2) is 14.7. The van der Waals surface area contributed by atoms with Gasteiger partial charge in [-0.3, -0.25) is 19.1 Å². The smallest absolute Gasteiger partial charge is 0.408 e. The quantitative estimate of drug-likeness (QED) is 0.358. The van der Waals surface area contributed by atoms with Gasteiger partial charge in [0.2, 0.25) is 34.1 Å². The van der Waals surface area contributed by atoms with Crippen LogP contribution in [0, 0.1) is 23.2 Å². The molecular weight excluding hydrogens is 779 g/mol. The second-order valence-electron chi connectivity index (χ2n) is 18.4. The van der Waals surface area contributed by atoms with E-state index in [1.165, 1.54) is 18.9 Å². The molecule has 0 unspecified atom stereocenters. The Morgan fingerprint density at radius 2 is 1.79 bits per heavy atom. The molecule has 0 radical (unpaired) electrons. The third-order valence-electron chi connectivity index (χ3n) is 12.9. The van der Waals surface area contributed by atoms with Crippen LogP contribution < -0.4 is 24.8 Å². The lowest BCUT2D eigenvalue weighted by Crippen LogP contribution is -2.61. The molecule has 3 saturated carbocycles. The lowest BCUT2D eigenvalue weighted by Gasteiger charge is -2.36. The van der Waals surface area contributed by atoms with Gasteiger partial charge < -0.3 is 29.7 Å². The van der Waals surface area contributed by atoms with E-state index in [4.69, 9.17) is 24.2 Å². The molecule has 1 saturated heterocycles. The number of carbonyl (C=O) groups is 4. The van der Waals surface area contributed by atoms with Crippen molar-refractivity contribution in [1.29, 1.82) is 0 Å². The highest BCUT2D eigenvalue weighted by molar-refractivity contribution is 7.91. The highest BCUT2D eigenvalue weighted by Crippen LogP contribution is 2.51. The number of aryl methyl sites for hydroxylation is 1. The number of alkyl carbamates (subject to hydrolysis) is 1. The van der Waals surface area contributed by atoms with Crippen LogP contribution >= 0.6 is 0 Å². The van der Waals surface area contributed by atoms with Crippen molar-refractivity contribution in [2.24, 2.45) is 23.2 Å². The van der Waals surface area contributed by atoms with E-state index in [0.29, 0.717) is 48.2 Å². The van der Waals surface area contributed by atoms with Gasteiger partial charge >= 0.3 is 6.09 Å². The SMILES string of the molecule is COc1ccc2nc3c(nc2c1)O[C@H]1CN(C(=O)[C@H](C(C)(C)C)NC(=O)O[C@@]2(C)C[C@@H]2CCCCC3)[C@H](C(=O)N[C@]2(C(=O)NS(=O)(=O)C3(C)CC3)C[C@H]2C(F)F)[C@@H]1C. The Bertz CT molecular complexity index is 2110. The minimum atomic E-state index is -4.24. The molecule has 18 heteroatoms. The number of rotatable bonds is 7. The van der Waals surface area contributed by atoms with Crippen LogP contribution in [0.2, 0.25) is 0 Å². The minimum Gasteiger partial charge on any atom is -0.497 e. The summed E-state index contributed by atoms with van der Waals surface area (Å²) < 4.78 is 73.4. The van der Waals surface area contributed by atoms with Crippen molar-refractivity contribution in [2.45, 2.75) is 140 Å². The van der Waals surface area contributed by atoms with Crippen LogP contribution in [0.5, 0.6) is 11.6 Å². The van der Waals surface area contributed by atoms with Gasteiger partial charge in [-0.1, -0.05) is 40.5 Å². The van der Waals surface area contributed by atoms with Crippen molar-refractivity contribution in [3.05, 3.63) is 23.9 Å². The van der Waals surface area contributed by atoms with E-state index >= 15 is 0 Å². The van der Waals surface area contributed by atoms with Crippen LogP contribution in [0.25, 0.3) is 11.0 Å². The number of aromatic nitrogens is 2. The molecule has 8 atom stereocenters. The number of nitrogens with zero attached hydrogens (tertiary/aromatic N) is 3.